The first-order valence-corrected chi connectivity index (χ1v) is 8.20. The highest BCUT2D eigenvalue weighted by atomic mass is 35.5. The zero-order chi connectivity index (χ0) is 16.9. The van der Waals surface area contributed by atoms with Gasteiger partial charge in [0.15, 0.2) is 0 Å². The minimum atomic E-state index is -0.166. The maximum atomic E-state index is 12.3. The summed E-state index contributed by atoms with van der Waals surface area (Å²) in [5.41, 5.74) is 0.790. The minimum absolute atomic E-state index is 0. The van der Waals surface area contributed by atoms with Crippen molar-refractivity contribution in [1.82, 2.24) is 10.6 Å². The van der Waals surface area contributed by atoms with Gasteiger partial charge in [0.25, 0.3) is 0 Å². The summed E-state index contributed by atoms with van der Waals surface area (Å²) in [5, 5.41) is 6.21. The second-order valence-electron chi connectivity index (χ2n) is 6.10. The molecule has 2 amide bonds. The van der Waals surface area contributed by atoms with Crippen molar-refractivity contribution >= 4 is 29.9 Å². The fourth-order valence-corrected chi connectivity index (χ4v) is 3.09. The Bertz CT molecular complexity index is 607. The molecule has 7 nitrogen and oxygen atoms in total. The van der Waals surface area contributed by atoms with Crippen molar-refractivity contribution in [2.75, 3.05) is 38.3 Å². The van der Waals surface area contributed by atoms with Crippen molar-refractivity contribution in [1.29, 1.82) is 0 Å². The standard InChI is InChI=1S/C17H23N3O4.ClH/c1-23-15-4-2-3-14(9-15)20-10-12(8-17(20)22)19-16(21)7-13-11-24-6-5-18-13;/h2-4,9,12-13,18H,5-8,10-11H2,1H3,(H,19,21);1H. The van der Waals surface area contributed by atoms with Crippen LogP contribution in [-0.4, -0.2) is 57.3 Å². The van der Waals surface area contributed by atoms with Gasteiger partial charge < -0.3 is 25.0 Å². The van der Waals surface area contributed by atoms with E-state index in [1.165, 1.54) is 0 Å². The first kappa shape index (κ1) is 19.5. The highest BCUT2D eigenvalue weighted by Crippen LogP contribution is 2.25. The third kappa shape index (κ3) is 5.07. The topological polar surface area (TPSA) is 79.9 Å². The summed E-state index contributed by atoms with van der Waals surface area (Å²) in [5.74, 6) is 0.659. The first-order chi connectivity index (χ1) is 11.7. The number of morpholine rings is 1. The van der Waals surface area contributed by atoms with E-state index in [-0.39, 0.29) is 36.3 Å². The molecule has 2 aliphatic heterocycles. The third-order valence-electron chi connectivity index (χ3n) is 4.29. The highest BCUT2D eigenvalue weighted by Gasteiger charge is 2.32. The average molecular weight is 370 g/mol. The van der Waals surface area contributed by atoms with Gasteiger partial charge in [0, 0.05) is 43.7 Å². The number of hydrogen-bond donors (Lipinski definition) is 2. The van der Waals surface area contributed by atoms with E-state index in [1.807, 2.05) is 24.3 Å². The molecule has 138 valence electrons. The number of amides is 2. The van der Waals surface area contributed by atoms with E-state index in [2.05, 4.69) is 10.6 Å². The van der Waals surface area contributed by atoms with Gasteiger partial charge in [-0.3, -0.25) is 9.59 Å². The van der Waals surface area contributed by atoms with Gasteiger partial charge in [-0.1, -0.05) is 6.07 Å². The van der Waals surface area contributed by atoms with Crippen molar-refractivity contribution in [2.24, 2.45) is 0 Å². The van der Waals surface area contributed by atoms with Crippen LogP contribution in [0.1, 0.15) is 12.8 Å². The minimum Gasteiger partial charge on any atom is -0.497 e. The summed E-state index contributed by atoms with van der Waals surface area (Å²) < 4.78 is 10.5. The van der Waals surface area contributed by atoms with Gasteiger partial charge in [-0.2, -0.15) is 0 Å². The number of anilines is 1. The van der Waals surface area contributed by atoms with Crippen LogP contribution in [0.5, 0.6) is 5.75 Å². The SMILES string of the molecule is COc1cccc(N2CC(NC(=O)CC3COCCN3)CC2=O)c1.Cl. The molecule has 0 spiro atoms. The second-order valence-corrected chi connectivity index (χ2v) is 6.10. The molecule has 1 aromatic rings. The number of nitrogens with one attached hydrogen (secondary N) is 2. The van der Waals surface area contributed by atoms with Crippen LogP contribution in [-0.2, 0) is 14.3 Å². The Kier molecular flexibility index (Phi) is 7.04. The van der Waals surface area contributed by atoms with Crippen LogP contribution in [0, 0.1) is 0 Å². The summed E-state index contributed by atoms with van der Waals surface area (Å²) in [6, 6.07) is 7.26. The Morgan fingerprint density at radius 1 is 1.48 bits per heavy atom. The highest BCUT2D eigenvalue weighted by molar-refractivity contribution is 5.97. The van der Waals surface area contributed by atoms with Crippen molar-refractivity contribution in [3.63, 3.8) is 0 Å². The number of nitrogens with zero attached hydrogens (tertiary/aromatic N) is 1. The Balaban J connectivity index is 0.00000225. The van der Waals surface area contributed by atoms with Crippen LogP contribution >= 0.6 is 12.4 Å². The van der Waals surface area contributed by atoms with E-state index in [0.29, 0.717) is 38.3 Å². The maximum absolute atomic E-state index is 12.3. The number of halogens is 1. The van der Waals surface area contributed by atoms with Crippen LogP contribution in [0.2, 0.25) is 0 Å². The van der Waals surface area contributed by atoms with E-state index in [0.717, 1.165) is 12.2 Å². The van der Waals surface area contributed by atoms with E-state index in [1.54, 1.807) is 12.0 Å². The Labute approximate surface area is 153 Å². The van der Waals surface area contributed by atoms with Crippen molar-refractivity contribution in [2.45, 2.75) is 24.9 Å². The molecule has 2 unspecified atom stereocenters. The molecule has 2 saturated heterocycles. The van der Waals surface area contributed by atoms with Crippen LogP contribution in [0.15, 0.2) is 24.3 Å². The summed E-state index contributed by atoms with van der Waals surface area (Å²) in [4.78, 5) is 26.1. The lowest BCUT2D eigenvalue weighted by Gasteiger charge is -2.24. The number of carbonyl (C=O) groups excluding carboxylic acids is 2. The Hall–Kier alpha value is -1.83. The van der Waals surface area contributed by atoms with Crippen molar-refractivity contribution in [3.8, 4) is 5.75 Å². The molecule has 0 saturated carbocycles. The van der Waals surface area contributed by atoms with Gasteiger partial charge in [-0.25, -0.2) is 0 Å². The summed E-state index contributed by atoms with van der Waals surface area (Å²) in [6.45, 7) is 2.48. The lowest BCUT2D eigenvalue weighted by molar-refractivity contribution is -0.122. The summed E-state index contributed by atoms with van der Waals surface area (Å²) in [6.07, 6.45) is 0.682. The average Bonchev–Trinajstić information content (AvgIpc) is 2.96. The van der Waals surface area contributed by atoms with E-state index < -0.39 is 0 Å². The number of hydrogen-bond acceptors (Lipinski definition) is 5. The van der Waals surface area contributed by atoms with Gasteiger partial charge in [-0.05, 0) is 12.1 Å². The molecular formula is C17H24ClN3O4. The van der Waals surface area contributed by atoms with Crippen LogP contribution in [0.3, 0.4) is 0 Å². The number of methoxy groups -OCH3 is 1. The van der Waals surface area contributed by atoms with Gasteiger partial charge in [0.2, 0.25) is 11.8 Å². The molecule has 0 bridgehead atoms. The fraction of sp³-hybridized carbons (Fsp3) is 0.529. The third-order valence-corrected chi connectivity index (χ3v) is 4.29. The number of benzene rings is 1. The lowest BCUT2D eigenvalue weighted by atomic mass is 10.1. The van der Waals surface area contributed by atoms with Gasteiger partial charge in [0.05, 0.1) is 26.4 Å². The molecule has 2 aliphatic rings. The van der Waals surface area contributed by atoms with E-state index >= 15 is 0 Å². The van der Waals surface area contributed by atoms with Gasteiger partial charge in [-0.15, -0.1) is 12.4 Å². The summed E-state index contributed by atoms with van der Waals surface area (Å²) in [7, 11) is 1.59. The largest absolute Gasteiger partial charge is 0.497 e. The van der Waals surface area contributed by atoms with Crippen LogP contribution in [0.25, 0.3) is 0 Å². The molecule has 0 aliphatic carbocycles. The molecule has 0 radical (unpaired) electrons. The quantitative estimate of drug-likeness (QED) is 0.799. The predicted molar refractivity (Wildman–Crippen MR) is 96.4 cm³/mol. The molecule has 3 rings (SSSR count). The van der Waals surface area contributed by atoms with Gasteiger partial charge in [0.1, 0.15) is 5.75 Å². The lowest BCUT2D eigenvalue weighted by Crippen LogP contribution is -2.46. The maximum Gasteiger partial charge on any atom is 0.229 e. The van der Waals surface area contributed by atoms with Crippen molar-refractivity contribution in [3.05, 3.63) is 24.3 Å². The molecule has 2 fully saturated rings. The Morgan fingerprint density at radius 3 is 3.04 bits per heavy atom. The zero-order valence-electron chi connectivity index (χ0n) is 14.2. The number of carbonyl (C=O) groups is 2. The van der Waals surface area contributed by atoms with E-state index in [9.17, 15) is 9.59 Å². The molecular weight excluding hydrogens is 346 g/mol. The molecule has 2 atom stereocenters. The molecule has 8 heteroatoms. The number of rotatable bonds is 5. The predicted octanol–water partition coefficient (Wildman–Crippen LogP) is 0.717. The first-order valence-electron chi connectivity index (χ1n) is 8.20. The molecule has 2 N–H and O–H groups in total. The van der Waals surface area contributed by atoms with E-state index in [4.69, 9.17) is 9.47 Å². The Morgan fingerprint density at radius 2 is 2.32 bits per heavy atom. The summed E-state index contributed by atoms with van der Waals surface area (Å²) >= 11 is 0. The zero-order valence-corrected chi connectivity index (χ0v) is 15.0. The van der Waals surface area contributed by atoms with Crippen LogP contribution < -0.4 is 20.3 Å². The van der Waals surface area contributed by atoms with Gasteiger partial charge >= 0.3 is 0 Å². The normalized spacial score (nSPS) is 23.1. The fourth-order valence-electron chi connectivity index (χ4n) is 3.09. The van der Waals surface area contributed by atoms with Crippen LogP contribution in [0.4, 0.5) is 5.69 Å². The monoisotopic (exact) mass is 369 g/mol. The smallest absolute Gasteiger partial charge is 0.229 e. The molecule has 1 aromatic carbocycles. The number of ether oxygens (including phenoxy) is 2. The van der Waals surface area contributed by atoms with Crippen molar-refractivity contribution < 1.29 is 19.1 Å². The second kappa shape index (κ2) is 9.03. The molecule has 0 aromatic heterocycles. The molecule has 2 heterocycles. The molecule has 25 heavy (non-hydrogen) atoms.